The highest BCUT2D eigenvalue weighted by Gasteiger charge is 2.35. The molecule has 1 atom stereocenters. The van der Waals surface area contributed by atoms with Crippen LogP contribution in [0, 0.1) is 0 Å². The lowest BCUT2D eigenvalue weighted by molar-refractivity contribution is -0.128. The van der Waals surface area contributed by atoms with Crippen LogP contribution in [0.2, 0.25) is 5.02 Å². The summed E-state index contributed by atoms with van der Waals surface area (Å²) >= 11 is 6.30. The summed E-state index contributed by atoms with van der Waals surface area (Å²) in [5.41, 5.74) is 2.00. The van der Waals surface area contributed by atoms with Gasteiger partial charge >= 0.3 is 0 Å². The van der Waals surface area contributed by atoms with Crippen molar-refractivity contribution < 1.29 is 9.59 Å². The summed E-state index contributed by atoms with van der Waals surface area (Å²) in [6, 6.07) is 16.8. The van der Waals surface area contributed by atoms with Crippen molar-refractivity contribution in [1.29, 1.82) is 0 Å². The standard InChI is InChI=1S/C26H27ClN6O2/c1-4-26(2,3)29-25(35)24(18-9-8-14-28-16-18)33(20-11-7-10-19(27)15-20)23(34)17-32-22-13-6-5-12-21(22)30-31-32/h5-16,24H,4,17H2,1-3H3,(H,29,35). The molecule has 0 saturated carbocycles. The fourth-order valence-electron chi connectivity index (χ4n) is 3.75. The number of halogens is 1. The Morgan fingerprint density at radius 3 is 2.63 bits per heavy atom. The molecule has 35 heavy (non-hydrogen) atoms. The van der Waals surface area contributed by atoms with Crippen LogP contribution >= 0.6 is 11.6 Å². The molecule has 0 bridgehead atoms. The zero-order valence-electron chi connectivity index (χ0n) is 19.9. The SMILES string of the molecule is CCC(C)(C)NC(=O)C(c1cccnc1)N(C(=O)Cn1nnc2ccccc21)c1cccc(Cl)c1. The third-order valence-electron chi connectivity index (χ3n) is 5.91. The van der Waals surface area contributed by atoms with Crippen LogP contribution in [-0.4, -0.2) is 37.3 Å². The van der Waals surface area contributed by atoms with Crippen molar-refractivity contribution >= 4 is 40.1 Å². The van der Waals surface area contributed by atoms with E-state index in [1.54, 1.807) is 48.8 Å². The van der Waals surface area contributed by atoms with Gasteiger partial charge in [-0.1, -0.05) is 48.0 Å². The van der Waals surface area contributed by atoms with Crippen LogP contribution in [0.3, 0.4) is 0 Å². The Hall–Kier alpha value is -3.78. The maximum atomic E-state index is 13.9. The Bertz CT molecular complexity index is 1340. The molecule has 1 N–H and O–H groups in total. The van der Waals surface area contributed by atoms with Crippen molar-refractivity contribution in [3.05, 3.63) is 83.6 Å². The van der Waals surface area contributed by atoms with E-state index >= 15 is 0 Å². The lowest BCUT2D eigenvalue weighted by Crippen LogP contribution is -2.51. The highest BCUT2D eigenvalue weighted by molar-refractivity contribution is 6.31. The number of nitrogens with zero attached hydrogens (tertiary/aromatic N) is 5. The Morgan fingerprint density at radius 2 is 1.91 bits per heavy atom. The summed E-state index contributed by atoms with van der Waals surface area (Å²) in [6.07, 6.45) is 3.94. The zero-order valence-corrected chi connectivity index (χ0v) is 20.6. The molecule has 0 aliphatic heterocycles. The molecule has 2 aromatic carbocycles. The highest BCUT2D eigenvalue weighted by atomic mass is 35.5. The Balaban J connectivity index is 1.81. The number of anilines is 1. The maximum absolute atomic E-state index is 13.9. The minimum absolute atomic E-state index is 0.117. The van der Waals surface area contributed by atoms with Crippen molar-refractivity contribution in [3.8, 4) is 0 Å². The molecule has 2 amide bonds. The van der Waals surface area contributed by atoms with E-state index in [9.17, 15) is 9.59 Å². The highest BCUT2D eigenvalue weighted by Crippen LogP contribution is 2.31. The molecule has 1 unspecified atom stereocenters. The molecule has 8 nitrogen and oxygen atoms in total. The van der Waals surface area contributed by atoms with Crippen molar-refractivity contribution in [2.75, 3.05) is 4.90 Å². The van der Waals surface area contributed by atoms with E-state index in [-0.39, 0.29) is 18.4 Å². The van der Waals surface area contributed by atoms with E-state index in [1.165, 1.54) is 9.58 Å². The minimum atomic E-state index is -0.977. The number of amides is 2. The fourth-order valence-corrected chi connectivity index (χ4v) is 3.93. The summed E-state index contributed by atoms with van der Waals surface area (Å²) < 4.78 is 1.53. The molecule has 0 aliphatic rings. The van der Waals surface area contributed by atoms with E-state index in [4.69, 9.17) is 11.6 Å². The number of fused-ring (bicyclic) bond motifs is 1. The van der Waals surface area contributed by atoms with Gasteiger partial charge in [-0.05, 0) is 56.7 Å². The van der Waals surface area contributed by atoms with Crippen LogP contribution in [0.4, 0.5) is 5.69 Å². The summed E-state index contributed by atoms with van der Waals surface area (Å²) in [6.45, 7) is 5.76. The van der Waals surface area contributed by atoms with Crippen molar-refractivity contribution in [1.82, 2.24) is 25.3 Å². The summed E-state index contributed by atoms with van der Waals surface area (Å²) in [5.74, 6) is -0.664. The normalized spacial score (nSPS) is 12.3. The van der Waals surface area contributed by atoms with Crippen LogP contribution in [0.5, 0.6) is 0 Å². The molecule has 4 rings (SSSR count). The van der Waals surface area contributed by atoms with Crippen molar-refractivity contribution in [2.45, 2.75) is 45.3 Å². The Kier molecular flexibility index (Phi) is 7.12. The average Bonchev–Trinajstić information content (AvgIpc) is 3.25. The van der Waals surface area contributed by atoms with Gasteiger partial charge in [0.1, 0.15) is 18.1 Å². The number of carbonyl (C=O) groups excluding carboxylic acids is 2. The largest absolute Gasteiger partial charge is 0.349 e. The predicted octanol–water partition coefficient (Wildman–Crippen LogP) is 4.56. The van der Waals surface area contributed by atoms with Gasteiger partial charge < -0.3 is 5.32 Å². The van der Waals surface area contributed by atoms with Gasteiger partial charge in [0.25, 0.3) is 0 Å². The monoisotopic (exact) mass is 490 g/mol. The van der Waals surface area contributed by atoms with E-state index in [2.05, 4.69) is 20.6 Å². The van der Waals surface area contributed by atoms with Crippen LogP contribution < -0.4 is 10.2 Å². The number of rotatable bonds is 8. The number of pyridine rings is 1. The van der Waals surface area contributed by atoms with Crippen molar-refractivity contribution in [2.24, 2.45) is 0 Å². The van der Waals surface area contributed by atoms with Gasteiger partial charge in [0.05, 0.1) is 5.52 Å². The van der Waals surface area contributed by atoms with E-state index in [1.807, 2.05) is 45.0 Å². The lowest BCUT2D eigenvalue weighted by Gasteiger charge is -2.34. The molecule has 9 heteroatoms. The number of hydrogen-bond donors (Lipinski definition) is 1. The fraction of sp³-hybridized carbons (Fsp3) is 0.269. The van der Waals surface area contributed by atoms with Crippen LogP contribution in [0.15, 0.2) is 73.1 Å². The van der Waals surface area contributed by atoms with Crippen LogP contribution in [0.25, 0.3) is 11.0 Å². The third kappa shape index (κ3) is 5.49. The van der Waals surface area contributed by atoms with Crippen LogP contribution in [0.1, 0.15) is 38.8 Å². The zero-order chi connectivity index (χ0) is 25.0. The number of nitrogens with one attached hydrogen (secondary N) is 1. The molecule has 2 heterocycles. The Morgan fingerprint density at radius 1 is 1.11 bits per heavy atom. The predicted molar refractivity (Wildman–Crippen MR) is 136 cm³/mol. The Labute approximate surface area is 208 Å². The first-order chi connectivity index (χ1) is 16.8. The van der Waals surface area contributed by atoms with Gasteiger partial charge in [0.15, 0.2) is 0 Å². The van der Waals surface area contributed by atoms with Gasteiger partial charge in [-0.3, -0.25) is 19.5 Å². The van der Waals surface area contributed by atoms with Gasteiger partial charge in [-0.2, -0.15) is 0 Å². The molecule has 0 spiro atoms. The maximum Gasteiger partial charge on any atom is 0.249 e. The first-order valence-corrected chi connectivity index (χ1v) is 11.7. The minimum Gasteiger partial charge on any atom is -0.349 e. The van der Waals surface area contributed by atoms with Gasteiger partial charge in [0.2, 0.25) is 11.8 Å². The molecule has 0 fully saturated rings. The molecule has 180 valence electrons. The van der Waals surface area contributed by atoms with Crippen molar-refractivity contribution in [3.63, 3.8) is 0 Å². The summed E-state index contributed by atoms with van der Waals surface area (Å²) in [5, 5.41) is 11.8. The van der Waals surface area contributed by atoms with Crippen LogP contribution in [-0.2, 0) is 16.1 Å². The number of hydrogen-bond acceptors (Lipinski definition) is 5. The molecular formula is C26H27ClN6O2. The van der Waals surface area contributed by atoms with E-state index in [0.29, 0.717) is 28.2 Å². The quantitative estimate of drug-likeness (QED) is 0.391. The third-order valence-corrected chi connectivity index (χ3v) is 6.15. The molecular weight excluding hydrogens is 464 g/mol. The lowest BCUT2D eigenvalue weighted by atomic mass is 9.99. The number of aromatic nitrogens is 4. The second-order valence-electron chi connectivity index (χ2n) is 8.90. The first kappa shape index (κ1) is 24.3. The second-order valence-corrected chi connectivity index (χ2v) is 9.33. The van der Waals surface area contributed by atoms with E-state index < -0.39 is 11.6 Å². The van der Waals surface area contributed by atoms with E-state index in [0.717, 1.165) is 5.52 Å². The van der Waals surface area contributed by atoms with Gasteiger partial charge in [0, 0.05) is 34.2 Å². The number of carbonyl (C=O) groups is 2. The molecule has 0 saturated heterocycles. The number of para-hydroxylation sites is 1. The topological polar surface area (TPSA) is 93.0 Å². The molecule has 2 aromatic heterocycles. The average molecular weight is 491 g/mol. The summed E-state index contributed by atoms with van der Waals surface area (Å²) in [7, 11) is 0. The number of benzene rings is 2. The summed E-state index contributed by atoms with van der Waals surface area (Å²) in [4.78, 5) is 33.3. The molecule has 0 radical (unpaired) electrons. The first-order valence-electron chi connectivity index (χ1n) is 11.4. The van der Waals surface area contributed by atoms with Gasteiger partial charge in [-0.15, -0.1) is 5.10 Å². The molecule has 0 aliphatic carbocycles. The molecule has 4 aromatic rings. The smallest absolute Gasteiger partial charge is 0.249 e. The second kappa shape index (κ2) is 10.2. The van der Waals surface area contributed by atoms with Gasteiger partial charge in [-0.25, -0.2) is 4.68 Å².